The third kappa shape index (κ3) is 5.36. The molecule has 3 N–H and O–H groups in total. The van der Waals surface area contributed by atoms with E-state index in [9.17, 15) is 14.4 Å². The smallest absolute Gasteiger partial charge is 0.330 e. The van der Waals surface area contributed by atoms with Crippen LogP contribution in [0.25, 0.3) is 10.9 Å². The minimum atomic E-state index is -0.627. The van der Waals surface area contributed by atoms with Crippen LogP contribution in [-0.2, 0) is 29.0 Å². The van der Waals surface area contributed by atoms with Crippen molar-refractivity contribution in [3.05, 3.63) is 97.8 Å². The molecule has 9 heteroatoms. The molecule has 0 aliphatic carbocycles. The highest BCUT2D eigenvalue weighted by Gasteiger charge is 2.19. The van der Waals surface area contributed by atoms with E-state index in [-0.39, 0.29) is 37.0 Å². The molecule has 0 saturated carbocycles. The normalized spacial score (nSPS) is 11.0. The zero-order valence-corrected chi connectivity index (χ0v) is 20.6. The summed E-state index contributed by atoms with van der Waals surface area (Å²) in [7, 11) is 1.52. The van der Waals surface area contributed by atoms with Gasteiger partial charge in [-0.2, -0.15) is 0 Å². The lowest BCUT2D eigenvalue weighted by Crippen LogP contribution is -2.36. The molecule has 2 aromatic carbocycles. The number of anilines is 2. The number of ether oxygens (including phenoxy) is 1. The van der Waals surface area contributed by atoms with Crippen LogP contribution < -0.4 is 21.9 Å². The first kappa shape index (κ1) is 24.9. The Morgan fingerprint density at radius 3 is 2.53 bits per heavy atom. The van der Waals surface area contributed by atoms with Crippen LogP contribution in [0.15, 0.2) is 64.2 Å². The lowest BCUT2D eigenvalue weighted by molar-refractivity contribution is -0.115. The van der Waals surface area contributed by atoms with Crippen LogP contribution in [0.1, 0.15) is 22.4 Å². The summed E-state index contributed by atoms with van der Waals surface area (Å²) in [6.45, 7) is 4.55. The second-order valence-corrected chi connectivity index (χ2v) is 8.51. The molecule has 186 valence electrons. The molecule has 4 aromatic rings. The Bertz CT molecular complexity index is 1510. The number of fused-ring (bicyclic) bond motifs is 1. The van der Waals surface area contributed by atoms with Gasteiger partial charge in [-0.05, 0) is 36.6 Å². The Hall–Kier alpha value is -4.24. The minimum absolute atomic E-state index is 0.0406. The predicted octanol–water partition coefficient (Wildman–Crippen LogP) is 3.14. The van der Waals surface area contributed by atoms with E-state index in [1.165, 1.54) is 11.7 Å². The molecule has 0 saturated heterocycles. The number of para-hydroxylation sites is 1. The first-order valence-electron chi connectivity index (χ1n) is 11.7. The van der Waals surface area contributed by atoms with Crippen molar-refractivity contribution in [2.45, 2.75) is 33.4 Å². The molecule has 0 radical (unpaired) electrons. The summed E-state index contributed by atoms with van der Waals surface area (Å²) in [5.41, 5.74) is 3.21. The number of carbonyl (C=O) groups is 1. The largest absolute Gasteiger partial charge is 0.383 e. The molecular weight excluding hydrogens is 458 g/mol. The second-order valence-electron chi connectivity index (χ2n) is 8.51. The summed E-state index contributed by atoms with van der Waals surface area (Å²) in [5, 5.41) is 6.88. The van der Waals surface area contributed by atoms with Crippen LogP contribution in [0.3, 0.4) is 0 Å². The summed E-state index contributed by atoms with van der Waals surface area (Å²) in [5.74, 6) is -0.261. The Balaban J connectivity index is 1.68. The molecule has 0 aliphatic rings. The average Bonchev–Trinajstić information content (AvgIpc) is 2.86. The number of nitrogens with one attached hydrogen (secondary N) is 3. The summed E-state index contributed by atoms with van der Waals surface area (Å²) >= 11 is 0. The summed E-state index contributed by atoms with van der Waals surface area (Å²) in [6, 6.07) is 17.3. The maximum absolute atomic E-state index is 13.3. The molecule has 2 aromatic heterocycles. The van der Waals surface area contributed by atoms with Gasteiger partial charge in [-0.1, -0.05) is 48.5 Å². The van der Waals surface area contributed by atoms with Gasteiger partial charge in [0.25, 0.3) is 5.56 Å². The van der Waals surface area contributed by atoms with E-state index in [4.69, 9.17) is 4.74 Å². The predicted molar refractivity (Wildman–Crippen MR) is 141 cm³/mol. The van der Waals surface area contributed by atoms with Gasteiger partial charge in [0, 0.05) is 24.7 Å². The van der Waals surface area contributed by atoms with Crippen molar-refractivity contribution in [2.24, 2.45) is 0 Å². The van der Waals surface area contributed by atoms with Crippen LogP contribution in [-0.4, -0.2) is 34.2 Å². The van der Waals surface area contributed by atoms with Crippen LogP contribution in [0.4, 0.5) is 11.5 Å². The Morgan fingerprint density at radius 2 is 1.78 bits per heavy atom. The molecule has 0 unspecified atom stereocenters. The van der Waals surface area contributed by atoms with Gasteiger partial charge in [0.2, 0.25) is 5.91 Å². The van der Waals surface area contributed by atoms with E-state index in [2.05, 4.69) is 20.6 Å². The summed E-state index contributed by atoms with van der Waals surface area (Å²) in [6.07, 6.45) is 0.0406. The number of amides is 1. The van der Waals surface area contributed by atoms with Gasteiger partial charge in [-0.25, -0.2) is 4.79 Å². The standard InChI is InChI=1S/C27H29N5O4/c1-17-20-11-7-8-12-22(20)29-18(2)21(17)15-23(33)30-25-24(28-16-19-9-5-4-6-10-19)26(34)31-27(35)32(25)13-14-36-3/h4-12,28H,13-16H2,1-3H3,(H,30,33)(H,31,34,35). The van der Waals surface area contributed by atoms with Crippen molar-refractivity contribution in [3.8, 4) is 0 Å². The molecule has 0 atom stereocenters. The maximum Gasteiger partial charge on any atom is 0.330 e. The lowest BCUT2D eigenvalue weighted by atomic mass is 9.99. The monoisotopic (exact) mass is 487 g/mol. The van der Waals surface area contributed by atoms with E-state index < -0.39 is 11.2 Å². The van der Waals surface area contributed by atoms with Gasteiger partial charge in [-0.15, -0.1) is 0 Å². The summed E-state index contributed by atoms with van der Waals surface area (Å²) < 4.78 is 6.44. The van der Waals surface area contributed by atoms with Crippen LogP contribution in [0.2, 0.25) is 0 Å². The number of benzene rings is 2. The highest BCUT2D eigenvalue weighted by atomic mass is 16.5. The number of hydrogen-bond donors (Lipinski definition) is 3. The van der Waals surface area contributed by atoms with E-state index >= 15 is 0 Å². The minimum Gasteiger partial charge on any atom is -0.383 e. The third-order valence-corrected chi connectivity index (χ3v) is 6.11. The first-order valence-corrected chi connectivity index (χ1v) is 11.7. The van der Waals surface area contributed by atoms with Crippen molar-refractivity contribution in [1.82, 2.24) is 14.5 Å². The second kappa shape index (κ2) is 11.0. The van der Waals surface area contributed by atoms with Gasteiger partial charge in [-0.3, -0.25) is 24.1 Å². The number of methoxy groups -OCH3 is 1. The fraction of sp³-hybridized carbons (Fsp3) is 0.259. The van der Waals surface area contributed by atoms with E-state index in [0.717, 1.165) is 33.3 Å². The third-order valence-electron chi connectivity index (χ3n) is 6.11. The number of rotatable bonds is 9. The van der Waals surface area contributed by atoms with E-state index in [0.29, 0.717) is 6.54 Å². The van der Waals surface area contributed by atoms with Crippen LogP contribution >= 0.6 is 0 Å². The van der Waals surface area contributed by atoms with E-state index in [1.54, 1.807) is 0 Å². The molecule has 1 amide bonds. The quantitative estimate of drug-likeness (QED) is 0.334. The van der Waals surface area contributed by atoms with Crippen molar-refractivity contribution in [1.29, 1.82) is 0 Å². The van der Waals surface area contributed by atoms with Crippen molar-refractivity contribution >= 4 is 28.3 Å². The first-order chi connectivity index (χ1) is 17.4. The molecule has 4 rings (SSSR count). The lowest BCUT2D eigenvalue weighted by Gasteiger charge is -2.18. The molecule has 2 heterocycles. The Morgan fingerprint density at radius 1 is 1.06 bits per heavy atom. The number of pyridine rings is 1. The fourth-order valence-electron chi connectivity index (χ4n) is 4.21. The molecule has 0 spiro atoms. The zero-order chi connectivity index (χ0) is 25.7. The van der Waals surface area contributed by atoms with Gasteiger partial charge < -0.3 is 15.4 Å². The Kier molecular flexibility index (Phi) is 7.60. The number of H-pyrrole nitrogens is 1. The van der Waals surface area contributed by atoms with Gasteiger partial charge in [0.05, 0.1) is 25.1 Å². The van der Waals surface area contributed by atoms with Gasteiger partial charge in [0.15, 0.2) is 0 Å². The number of nitrogens with zero attached hydrogens (tertiary/aromatic N) is 2. The average molecular weight is 488 g/mol. The van der Waals surface area contributed by atoms with Crippen LogP contribution in [0, 0.1) is 13.8 Å². The number of aromatic amines is 1. The molecule has 9 nitrogen and oxygen atoms in total. The van der Waals surface area contributed by atoms with Gasteiger partial charge >= 0.3 is 5.69 Å². The topological polar surface area (TPSA) is 118 Å². The molecule has 36 heavy (non-hydrogen) atoms. The molecule has 0 aliphatic heterocycles. The number of carbonyl (C=O) groups excluding carboxylic acids is 1. The summed E-state index contributed by atoms with van der Waals surface area (Å²) in [4.78, 5) is 45.7. The fourth-order valence-corrected chi connectivity index (χ4v) is 4.21. The van der Waals surface area contributed by atoms with Crippen molar-refractivity contribution in [3.63, 3.8) is 0 Å². The molecular formula is C27H29N5O4. The molecule has 0 fully saturated rings. The van der Waals surface area contributed by atoms with Crippen LogP contribution in [0.5, 0.6) is 0 Å². The maximum atomic E-state index is 13.3. The zero-order valence-electron chi connectivity index (χ0n) is 20.6. The van der Waals surface area contributed by atoms with Gasteiger partial charge in [0.1, 0.15) is 11.5 Å². The molecule has 0 bridgehead atoms. The number of hydrogen-bond acceptors (Lipinski definition) is 6. The SMILES string of the molecule is COCCn1c(NC(=O)Cc2c(C)nc3ccccc3c2C)c(NCc2ccccc2)c(=O)[nH]c1=O. The Labute approximate surface area is 208 Å². The highest BCUT2D eigenvalue weighted by Crippen LogP contribution is 2.24. The highest BCUT2D eigenvalue weighted by molar-refractivity contribution is 5.95. The van der Waals surface area contributed by atoms with E-state index in [1.807, 2.05) is 68.4 Å². The number of aromatic nitrogens is 3. The van der Waals surface area contributed by atoms with Crippen molar-refractivity contribution in [2.75, 3.05) is 24.4 Å². The number of aryl methyl sites for hydroxylation is 2. The van der Waals surface area contributed by atoms with Crippen molar-refractivity contribution < 1.29 is 9.53 Å².